The van der Waals surface area contributed by atoms with Gasteiger partial charge in [0.05, 0.1) is 23.2 Å². The van der Waals surface area contributed by atoms with Crippen LogP contribution in [0.25, 0.3) is 0 Å². The van der Waals surface area contributed by atoms with Crippen molar-refractivity contribution in [1.82, 2.24) is 5.06 Å². The molecule has 41 heavy (non-hydrogen) atoms. The fraction of sp³-hybridized carbons (Fsp3) is 0.424. The van der Waals surface area contributed by atoms with Crippen LogP contribution in [0, 0.1) is 5.92 Å². The molecular formula is C33H37NO6S. The molecule has 7 nitrogen and oxygen atoms in total. The lowest BCUT2D eigenvalue weighted by atomic mass is 9.87. The number of sulfone groups is 1. The number of likely N-dealkylation sites (N-methyl/N-ethyl adjacent to an activating group) is 1. The van der Waals surface area contributed by atoms with Gasteiger partial charge in [-0.2, -0.15) is 0 Å². The number of ether oxygens (including phenoxy) is 2. The maximum absolute atomic E-state index is 13.5. The first kappa shape index (κ1) is 28.1. The second-order valence-electron chi connectivity index (χ2n) is 11.5. The minimum Gasteiger partial charge on any atom is -0.339 e. The van der Waals surface area contributed by atoms with Crippen LogP contribution < -0.4 is 0 Å². The first-order valence-electron chi connectivity index (χ1n) is 14.4. The Bertz CT molecular complexity index is 1410. The van der Waals surface area contributed by atoms with Gasteiger partial charge >= 0.3 is 0 Å². The largest absolute Gasteiger partial charge is 0.339 e. The van der Waals surface area contributed by atoms with Gasteiger partial charge in [-0.1, -0.05) is 72.8 Å². The minimum absolute atomic E-state index is 0.163. The van der Waals surface area contributed by atoms with Crippen LogP contribution >= 0.6 is 0 Å². The molecule has 8 heteroatoms. The number of benzene rings is 3. The van der Waals surface area contributed by atoms with E-state index in [-0.39, 0.29) is 29.3 Å². The van der Waals surface area contributed by atoms with Crippen LogP contribution in [-0.2, 0) is 28.9 Å². The molecule has 1 saturated heterocycles. The predicted molar refractivity (Wildman–Crippen MR) is 154 cm³/mol. The first-order chi connectivity index (χ1) is 19.8. The Morgan fingerprint density at radius 2 is 1.46 bits per heavy atom. The molecular weight excluding hydrogens is 538 g/mol. The molecule has 1 aliphatic heterocycles. The van der Waals surface area contributed by atoms with Crippen LogP contribution in [0.2, 0.25) is 0 Å². The van der Waals surface area contributed by atoms with Crippen molar-refractivity contribution < 1.29 is 27.5 Å². The van der Waals surface area contributed by atoms with Crippen molar-refractivity contribution in [3.8, 4) is 0 Å². The van der Waals surface area contributed by atoms with Gasteiger partial charge < -0.3 is 9.47 Å². The van der Waals surface area contributed by atoms with Gasteiger partial charge in [-0.05, 0) is 60.4 Å². The third kappa shape index (κ3) is 5.71. The summed E-state index contributed by atoms with van der Waals surface area (Å²) < 4.78 is 39.0. The van der Waals surface area contributed by atoms with Crippen molar-refractivity contribution in [1.29, 1.82) is 0 Å². The lowest BCUT2D eigenvalue weighted by molar-refractivity contribution is -0.175. The number of carbonyl (C=O) groups excluding carboxylic acids is 1. The summed E-state index contributed by atoms with van der Waals surface area (Å²) in [4.78, 5) is 19.0. The summed E-state index contributed by atoms with van der Waals surface area (Å²) >= 11 is 0. The maximum Gasteiger partial charge on any atom is 0.253 e. The zero-order chi connectivity index (χ0) is 28.6. The molecule has 2 aliphatic carbocycles. The summed E-state index contributed by atoms with van der Waals surface area (Å²) in [5.41, 5.74) is 2.95. The molecule has 216 valence electrons. The molecule has 5 atom stereocenters. The fourth-order valence-corrected chi connectivity index (χ4v) is 8.01. The molecule has 3 aromatic carbocycles. The summed E-state index contributed by atoms with van der Waals surface area (Å²) in [6.45, 7) is 0. The van der Waals surface area contributed by atoms with Gasteiger partial charge in [-0.3, -0.25) is 9.63 Å². The van der Waals surface area contributed by atoms with E-state index in [9.17, 15) is 13.2 Å². The van der Waals surface area contributed by atoms with Gasteiger partial charge in [0.2, 0.25) is 0 Å². The van der Waals surface area contributed by atoms with Crippen LogP contribution in [-0.4, -0.2) is 44.6 Å². The number of rotatable bonds is 9. The van der Waals surface area contributed by atoms with E-state index in [2.05, 4.69) is 24.3 Å². The summed E-state index contributed by atoms with van der Waals surface area (Å²) in [7, 11) is -0.219. The van der Waals surface area contributed by atoms with E-state index >= 15 is 0 Å². The molecule has 1 amide bonds. The van der Waals surface area contributed by atoms with E-state index < -0.39 is 21.5 Å². The smallest absolute Gasteiger partial charge is 0.253 e. The number of nitrogens with zero attached hydrogens (tertiary/aromatic N) is 1. The highest BCUT2D eigenvalue weighted by atomic mass is 32.2. The average molecular weight is 576 g/mol. The molecule has 0 N–H and O–H groups in total. The van der Waals surface area contributed by atoms with Crippen molar-refractivity contribution in [2.45, 2.75) is 72.6 Å². The van der Waals surface area contributed by atoms with Gasteiger partial charge in [0.25, 0.3) is 5.91 Å². The highest BCUT2D eigenvalue weighted by Crippen LogP contribution is 2.55. The number of hydroxylamine groups is 2. The molecule has 3 aliphatic rings. The highest BCUT2D eigenvalue weighted by molar-refractivity contribution is 7.92. The number of amides is 1. The molecule has 6 rings (SSSR count). The van der Waals surface area contributed by atoms with Gasteiger partial charge in [0.15, 0.2) is 15.6 Å². The Labute approximate surface area is 242 Å². The monoisotopic (exact) mass is 575 g/mol. The van der Waals surface area contributed by atoms with E-state index in [4.69, 9.17) is 14.3 Å². The number of hydrogen-bond donors (Lipinski definition) is 0. The number of hydrogen-bond acceptors (Lipinski definition) is 6. The molecule has 0 bridgehead atoms. The Morgan fingerprint density at radius 3 is 1.98 bits per heavy atom. The molecule has 3 fully saturated rings. The first-order valence-corrected chi connectivity index (χ1v) is 16.0. The normalized spacial score (nSPS) is 26.7. The van der Waals surface area contributed by atoms with Gasteiger partial charge in [-0.15, -0.1) is 0 Å². The van der Waals surface area contributed by atoms with Gasteiger partial charge in [-0.25, -0.2) is 13.5 Å². The maximum atomic E-state index is 13.5. The average Bonchev–Trinajstić information content (AvgIpc) is 3.72. The zero-order valence-corrected chi connectivity index (χ0v) is 24.3. The highest BCUT2D eigenvalue weighted by Gasteiger charge is 2.53. The summed E-state index contributed by atoms with van der Waals surface area (Å²) in [6, 6.07) is 27.3. The Balaban J connectivity index is 1.23. The van der Waals surface area contributed by atoms with E-state index in [0.29, 0.717) is 30.6 Å². The van der Waals surface area contributed by atoms with Crippen molar-refractivity contribution >= 4 is 15.7 Å². The van der Waals surface area contributed by atoms with E-state index in [1.54, 1.807) is 31.3 Å². The zero-order valence-electron chi connectivity index (χ0n) is 23.5. The van der Waals surface area contributed by atoms with Crippen molar-refractivity contribution in [3.63, 3.8) is 0 Å². The van der Waals surface area contributed by atoms with Gasteiger partial charge in [0, 0.05) is 19.9 Å². The van der Waals surface area contributed by atoms with Crippen LogP contribution in [0.5, 0.6) is 0 Å². The molecule has 1 spiro atoms. The molecule has 3 aromatic rings. The summed E-state index contributed by atoms with van der Waals surface area (Å²) in [5, 5.41) is 0.981. The van der Waals surface area contributed by atoms with E-state index in [1.807, 2.05) is 36.4 Å². The second-order valence-corrected chi connectivity index (χ2v) is 13.8. The molecule has 2 saturated carbocycles. The molecule has 1 heterocycles. The van der Waals surface area contributed by atoms with E-state index in [1.165, 1.54) is 12.2 Å². The van der Waals surface area contributed by atoms with Crippen LogP contribution in [0.1, 0.15) is 73.3 Å². The standard InChI is InChI=1S/C33H37NO6S/c1-34(38-2)32(35)29(24-13-15-27(16-14-24)41(36,37)28-17-18-28)21-23-19-20-33(22-23)39-30(25-9-5-3-6-10-25)31(40-33)26-11-7-4-8-12-26/h3-16,23,28-31H,17-22H2,1-2H3/t23?,29?,30-,31?,33?/m1/s1. The summed E-state index contributed by atoms with van der Waals surface area (Å²) in [6.07, 6.45) is 3.84. The van der Waals surface area contributed by atoms with Crippen LogP contribution in [0.15, 0.2) is 89.8 Å². The topological polar surface area (TPSA) is 82.1 Å². The quantitative estimate of drug-likeness (QED) is 0.285. The Hall–Kier alpha value is -3.04. The van der Waals surface area contributed by atoms with Crippen molar-refractivity contribution in [3.05, 3.63) is 102 Å². The second kappa shape index (κ2) is 11.3. The van der Waals surface area contributed by atoms with E-state index in [0.717, 1.165) is 29.5 Å². The van der Waals surface area contributed by atoms with Crippen molar-refractivity contribution in [2.24, 2.45) is 5.92 Å². The third-order valence-electron chi connectivity index (χ3n) is 8.77. The van der Waals surface area contributed by atoms with Crippen LogP contribution in [0.4, 0.5) is 0 Å². The van der Waals surface area contributed by atoms with Crippen molar-refractivity contribution in [2.75, 3.05) is 14.2 Å². The number of carbonyl (C=O) groups is 1. The SMILES string of the molecule is CON(C)C(=O)C(CC1CCC2(C1)OC(c1ccccc1)[C@@H](c1ccccc1)O2)c1ccc(S(=O)(=O)C2CC2)cc1. The Kier molecular flexibility index (Phi) is 7.76. The predicted octanol–water partition coefficient (Wildman–Crippen LogP) is 6.14. The minimum atomic E-state index is -3.30. The van der Waals surface area contributed by atoms with Crippen LogP contribution in [0.3, 0.4) is 0 Å². The van der Waals surface area contributed by atoms with Gasteiger partial charge in [0.1, 0.15) is 12.2 Å². The Morgan fingerprint density at radius 1 is 0.902 bits per heavy atom. The summed E-state index contributed by atoms with van der Waals surface area (Å²) in [5.74, 6) is -1.19. The third-order valence-corrected chi connectivity index (χ3v) is 11.1. The molecule has 4 unspecified atom stereocenters. The lowest BCUT2D eigenvalue weighted by Gasteiger charge is -2.26. The fourth-order valence-electron chi connectivity index (χ4n) is 6.35. The molecule has 0 aromatic heterocycles. The molecule has 0 radical (unpaired) electrons. The lowest BCUT2D eigenvalue weighted by Crippen LogP contribution is -2.32.